The number of unbranched alkanes of at least 4 members (excludes halogenated alkanes) is 1. The van der Waals surface area contributed by atoms with E-state index in [2.05, 4.69) is 57.7 Å². The third-order valence-electron chi connectivity index (χ3n) is 4.93. The first-order valence-corrected chi connectivity index (χ1v) is 8.41. The minimum absolute atomic E-state index is 0.144. The summed E-state index contributed by atoms with van der Waals surface area (Å²) < 4.78 is 0. The minimum atomic E-state index is -0.703. The molecule has 3 nitrogen and oxygen atoms in total. The number of hydrogen-bond donors (Lipinski definition) is 1. The van der Waals surface area contributed by atoms with Crippen LogP contribution in [-0.2, 0) is 4.79 Å². The molecule has 0 saturated carbocycles. The lowest BCUT2D eigenvalue weighted by Gasteiger charge is -2.50. The van der Waals surface area contributed by atoms with Crippen molar-refractivity contribution < 1.29 is 9.90 Å². The molecule has 0 aromatic heterocycles. The summed E-state index contributed by atoms with van der Waals surface area (Å²) in [6.45, 7) is 10.8. The molecule has 0 unspecified atom stereocenters. The summed E-state index contributed by atoms with van der Waals surface area (Å²) in [5.41, 5.74) is 3.48. The molecule has 1 aliphatic heterocycles. The van der Waals surface area contributed by atoms with E-state index in [9.17, 15) is 9.90 Å². The van der Waals surface area contributed by atoms with Crippen LogP contribution in [0.25, 0.3) is 0 Å². The van der Waals surface area contributed by atoms with Crippen LogP contribution in [0.1, 0.15) is 70.4 Å². The molecule has 3 heteroatoms. The number of carbonyl (C=O) groups is 1. The van der Waals surface area contributed by atoms with Gasteiger partial charge in [0.1, 0.15) is 6.04 Å². The number of fused-ring (bicyclic) bond motifs is 1. The number of benzene rings is 1. The van der Waals surface area contributed by atoms with E-state index in [-0.39, 0.29) is 5.54 Å². The summed E-state index contributed by atoms with van der Waals surface area (Å²) in [5.74, 6) is -0.243. The van der Waals surface area contributed by atoms with Gasteiger partial charge in [0.15, 0.2) is 0 Å². The number of carboxylic acids is 1. The number of rotatable bonds is 5. The van der Waals surface area contributed by atoms with Crippen LogP contribution < -0.4 is 4.90 Å². The van der Waals surface area contributed by atoms with E-state index < -0.39 is 12.0 Å². The molecule has 0 amide bonds. The van der Waals surface area contributed by atoms with Gasteiger partial charge >= 0.3 is 5.97 Å². The third-order valence-corrected chi connectivity index (χ3v) is 4.93. The van der Waals surface area contributed by atoms with E-state index in [0.29, 0.717) is 12.3 Å². The van der Waals surface area contributed by atoms with Crippen molar-refractivity contribution in [3.63, 3.8) is 0 Å². The zero-order chi connectivity index (χ0) is 16.5. The first-order chi connectivity index (χ1) is 10.3. The second-order valence-electron chi connectivity index (χ2n) is 7.30. The van der Waals surface area contributed by atoms with Crippen LogP contribution >= 0.6 is 0 Å². The van der Waals surface area contributed by atoms with Gasteiger partial charge in [-0.2, -0.15) is 0 Å². The fourth-order valence-corrected chi connectivity index (χ4v) is 4.01. The molecule has 1 N–H and O–H groups in total. The first-order valence-electron chi connectivity index (χ1n) is 8.41. The lowest BCUT2D eigenvalue weighted by Crippen LogP contribution is -2.56. The molecule has 0 radical (unpaired) electrons. The molecule has 0 fully saturated rings. The number of aryl methyl sites for hydroxylation is 1. The van der Waals surface area contributed by atoms with Gasteiger partial charge in [-0.3, -0.25) is 0 Å². The van der Waals surface area contributed by atoms with Crippen LogP contribution in [0.5, 0.6) is 0 Å². The molecule has 0 spiro atoms. The molecule has 0 bridgehead atoms. The van der Waals surface area contributed by atoms with Crippen LogP contribution in [0.2, 0.25) is 0 Å². The number of hydrogen-bond acceptors (Lipinski definition) is 2. The van der Waals surface area contributed by atoms with Crippen molar-refractivity contribution in [2.45, 2.75) is 77.8 Å². The normalized spacial score (nSPS) is 21.3. The highest BCUT2D eigenvalue weighted by atomic mass is 16.4. The van der Waals surface area contributed by atoms with E-state index in [0.717, 1.165) is 24.9 Å². The summed E-state index contributed by atoms with van der Waals surface area (Å²) in [6.07, 6.45) is 3.66. The fourth-order valence-electron chi connectivity index (χ4n) is 4.01. The van der Waals surface area contributed by atoms with Gasteiger partial charge in [0.2, 0.25) is 0 Å². The maximum Gasteiger partial charge on any atom is 0.326 e. The lowest BCUT2D eigenvalue weighted by atomic mass is 9.77. The van der Waals surface area contributed by atoms with Crippen molar-refractivity contribution in [1.29, 1.82) is 0 Å². The molecule has 2 rings (SSSR count). The second kappa shape index (κ2) is 6.31. The lowest BCUT2D eigenvalue weighted by molar-refractivity contribution is -0.139. The van der Waals surface area contributed by atoms with Crippen LogP contribution in [0.15, 0.2) is 18.2 Å². The SMILES string of the molecule is CCCC[C@H](C(=O)O)N1c2c(C)cccc2[C@@H](C)CC1(C)C. The van der Waals surface area contributed by atoms with Gasteiger partial charge in [0.05, 0.1) is 0 Å². The Labute approximate surface area is 134 Å². The van der Waals surface area contributed by atoms with Crippen molar-refractivity contribution >= 4 is 11.7 Å². The Hall–Kier alpha value is -1.51. The van der Waals surface area contributed by atoms with Gasteiger partial charge in [-0.1, -0.05) is 44.9 Å². The van der Waals surface area contributed by atoms with Crippen LogP contribution in [-0.4, -0.2) is 22.7 Å². The molecular weight excluding hydrogens is 274 g/mol. The van der Waals surface area contributed by atoms with E-state index in [1.165, 1.54) is 11.1 Å². The maximum absolute atomic E-state index is 12.0. The molecule has 1 aliphatic rings. The summed E-state index contributed by atoms with van der Waals surface area (Å²) in [7, 11) is 0. The molecule has 2 atom stereocenters. The Balaban J connectivity index is 2.56. The highest BCUT2D eigenvalue weighted by molar-refractivity contribution is 5.81. The Bertz CT molecular complexity index is 550. The molecule has 0 aliphatic carbocycles. The number of para-hydroxylation sites is 1. The van der Waals surface area contributed by atoms with Gasteiger partial charge < -0.3 is 10.0 Å². The number of carboxylic acid groups (broad SMARTS) is 1. The summed E-state index contributed by atoms with van der Waals surface area (Å²) in [4.78, 5) is 14.1. The number of nitrogens with zero attached hydrogens (tertiary/aromatic N) is 1. The molecule has 22 heavy (non-hydrogen) atoms. The van der Waals surface area contributed by atoms with E-state index in [1.54, 1.807) is 0 Å². The highest BCUT2D eigenvalue weighted by Gasteiger charge is 2.42. The minimum Gasteiger partial charge on any atom is -0.480 e. The topological polar surface area (TPSA) is 40.5 Å². The zero-order valence-electron chi connectivity index (χ0n) is 14.5. The third kappa shape index (κ3) is 2.99. The maximum atomic E-state index is 12.0. The van der Waals surface area contributed by atoms with Crippen molar-refractivity contribution in [2.75, 3.05) is 4.90 Å². The predicted molar refractivity (Wildman–Crippen MR) is 91.7 cm³/mol. The number of aliphatic carboxylic acids is 1. The second-order valence-corrected chi connectivity index (χ2v) is 7.30. The molecular formula is C19H29NO2. The van der Waals surface area contributed by atoms with Crippen LogP contribution in [0.4, 0.5) is 5.69 Å². The van der Waals surface area contributed by atoms with Gasteiger partial charge in [-0.25, -0.2) is 4.79 Å². The van der Waals surface area contributed by atoms with Gasteiger partial charge in [0, 0.05) is 11.2 Å². The van der Waals surface area contributed by atoms with E-state index in [1.807, 2.05) is 0 Å². The first kappa shape index (κ1) is 16.9. The fraction of sp³-hybridized carbons (Fsp3) is 0.632. The van der Waals surface area contributed by atoms with Gasteiger partial charge in [-0.05, 0) is 50.7 Å². The van der Waals surface area contributed by atoms with Crippen molar-refractivity contribution in [3.05, 3.63) is 29.3 Å². The molecule has 1 heterocycles. The zero-order valence-corrected chi connectivity index (χ0v) is 14.5. The Kier molecular flexibility index (Phi) is 4.84. The average molecular weight is 303 g/mol. The van der Waals surface area contributed by atoms with Crippen molar-refractivity contribution in [2.24, 2.45) is 0 Å². The summed E-state index contributed by atoms with van der Waals surface area (Å²) in [6, 6.07) is 5.90. The predicted octanol–water partition coefficient (Wildman–Crippen LogP) is 4.73. The highest BCUT2D eigenvalue weighted by Crippen LogP contribution is 2.46. The van der Waals surface area contributed by atoms with Crippen molar-refractivity contribution in [3.8, 4) is 0 Å². The molecule has 1 aromatic rings. The van der Waals surface area contributed by atoms with Crippen molar-refractivity contribution in [1.82, 2.24) is 0 Å². The molecule has 122 valence electrons. The van der Waals surface area contributed by atoms with E-state index in [4.69, 9.17) is 0 Å². The Morgan fingerprint density at radius 1 is 1.45 bits per heavy atom. The van der Waals surface area contributed by atoms with Gasteiger partial charge in [-0.15, -0.1) is 0 Å². The average Bonchev–Trinajstić information content (AvgIpc) is 2.42. The smallest absolute Gasteiger partial charge is 0.326 e. The number of anilines is 1. The Morgan fingerprint density at radius 3 is 2.73 bits per heavy atom. The van der Waals surface area contributed by atoms with E-state index >= 15 is 0 Å². The quantitative estimate of drug-likeness (QED) is 0.854. The summed E-state index contributed by atoms with van der Waals surface area (Å²) >= 11 is 0. The molecule has 0 saturated heterocycles. The van der Waals surface area contributed by atoms with Crippen LogP contribution in [0.3, 0.4) is 0 Å². The summed E-state index contributed by atoms with van der Waals surface area (Å²) in [5, 5.41) is 9.83. The van der Waals surface area contributed by atoms with Crippen LogP contribution in [0, 0.1) is 6.92 Å². The molecule has 1 aromatic carbocycles. The monoisotopic (exact) mass is 303 g/mol. The largest absolute Gasteiger partial charge is 0.480 e. The Morgan fingerprint density at radius 2 is 2.14 bits per heavy atom. The van der Waals surface area contributed by atoms with Gasteiger partial charge in [0.25, 0.3) is 0 Å². The standard InChI is InChI=1S/C19H29NO2/c1-6-7-11-16(18(21)22)20-17-13(2)9-8-10-15(17)14(3)12-19(20,4)5/h8-10,14,16H,6-7,11-12H2,1-5H3,(H,21,22)/t14-,16+/m0/s1.